The van der Waals surface area contributed by atoms with Crippen LogP contribution in [0.2, 0.25) is 0 Å². The van der Waals surface area contributed by atoms with Crippen molar-refractivity contribution in [3.8, 4) is 22.9 Å². The second-order valence-electron chi connectivity index (χ2n) is 5.04. The SMILES string of the molecule is CCCc1cc(C#N)c(O)c(-c2ccc3[nH]cnc3c2)c1. The molecular formula is C17H15N3O. The lowest BCUT2D eigenvalue weighted by Gasteiger charge is -2.10. The van der Waals surface area contributed by atoms with E-state index in [4.69, 9.17) is 0 Å². The smallest absolute Gasteiger partial charge is 0.141 e. The first-order valence-corrected chi connectivity index (χ1v) is 6.92. The Morgan fingerprint density at radius 3 is 2.90 bits per heavy atom. The molecule has 1 heterocycles. The number of nitrogens with one attached hydrogen (secondary N) is 1. The van der Waals surface area contributed by atoms with Crippen LogP contribution in [0, 0.1) is 11.3 Å². The van der Waals surface area contributed by atoms with E-state index in [0.29, 0.717) is 11.1 Å². The number of phenols is 1. The van der Waals surface area contributed by atoms with Gasteiger partial charge in [0.2, 0.25) is 0 Å². The second-order valence-corrected chi connectivity index (χ2v) is 5.04. The molecule has 0 atom stereocenters. The van der Waals surface area contributed by atoms with Crippen molar-refractivity contribution in [3.63, 3.8) is 0 Å². The number of benzene rings is 2. The number of nitriles is 1. The number of hydrogen-bond acceptors (Lipinski definition) is 3. The number of aryl methyl sites for hydroxylation is 1. The molecule has 0 fully saturated rings. The minimum Gasteiger partial charge on any atom is -0.506 e. The van der Waals surface area contributed by atoms with Crippen LogP contribution < -0.4 is 0 Å². The molecule has 0 radical (unpaired) electrons. The number of imidazole rings is 1. The van der Waals surface area contributed by atoms with Gasteiger partial charge in [-0.15, -0.1) is 0 Å². The van der Waals surface area contributed by atoms with Gasteiger partial charge in [0, 0.05) is 5.56 Å². The van der Waals surface area contributed by atoms with E-state index in [-0.39, 0.29) is 5.75 Å². The van der Waals surface area contributed by atoms with E-state index < -0.39 is 0 Å². The van der Waals surface area contributed by atoms with Gasteiger partial charge in [-0.1, -0.05) is 19.4 Å². The van der Waals surface area contributed by atoms with Gasteiger partial charge in [0.1, 0.15) is 11.8 Å². The fourth-order valence-corrected chi connectivity index (χ4v) is 2.53. The Morgan fingerprint density at radius 1 is 1.29 bits per heavy atom. The molecule has 4 heteroatoms. The molecule has 0 amide bonds. The number of hydrogen-bond donors (Lipinski definition) is 2. The first-order valence-electron chi connectivity index (χ1n) is 6.92. The number of aromatic nitrogens is 2. The van der Waals surface area contributed by atoms with E-state index in [0.717, 1.165) is 35.0 Å². The molecule has 21 heavy (non-hydrogen) atoms. The third-order valence-corrected chi connectivity index (χ3v) is 3.56. The molecule has 0 bridgehead atoms. The van der Waals surface area contributed by atoms with E-state index in [9.17, 15) is 10.4 Å². The number of fused-ring (bicyclic) bond motifs is 1. The highest BCUT2D eigenvalue weighted by Crippen LogP contribution is 2.34. The summed E-state index contributed by atoms with van der Waals surface area (Å²) in [5.41, 5.74) is 4.71. The summed E-state index contributed by atoms with van der Waals surface area (Å²) in [6.07, 6.45) is 3.52. The lowest BCUT2D eigenvalue weighted by molar-refractivity contribution is 0.475. The van der Waals surface area contributed by atoms with Gasteiger partial charge in [0.15, 0.2) is 0 Å². The molecule has 0 spiro atoms. The molecule has 2 N–H and O–H groups in total. The van der Waals surface area contributed by atoms with Crippen molar-refractivity contribution >= 4 is 11.0 Å². The highest BCUT2D eigenvalue weighted by molar-refractivity contribution is 5.84. The van der Waals surface area contributed by atoms with Gasteiger partial charge in [-0.3, -0.25) is 0 Å². The summed E-state index contributed by atoms with van der Waals surface area (Å²) in [4.78, 5) is 7.27. The number of phenolic OH excluding ortho intramolecular Hbond substituents is 1. The standard InChI is InChI=1S/C17H15N3O/c1-2-3-11-6-13(9-18)17(21)14(7-11)12-4-5-15-16(8-12)20-10-19-15/h4-8,10,21H,2-3H2,1H3,(H,19,20). The van der Waals surface area contributed by atoms with Crippen LogP contribution in [0.3, 0.4) is 0 Å². The second kappa shape index (κ2) is 5.29. The van der Waals surface area contributed by atoms with E-state index in [2.05, 4.69) is 23.0 Å². The first-order chi connectivity index (χ1) is 10.2. The Bertz CT molecular complexity index is 843. The van der Waals surface area contributed by atoms with Gasteiger partial charge in [0.05, 0.1) is 22.9 Å². The van der Waals surface area contributed by atoms with Crippen LogP contribution in [-0.4, -0.2) is 15.1 Å². The largest absolute Gasteiger partial charge is 0.506 e. The Kier molecular flexibility index (Phi) is 3.33. The van der Waals surface area contributed by atoms with Crippen LogP contribution in [-0.2, 0) is 6.42 Å². The molecule has 1 aromatic heterocycles. The topological polar surface area (TPSA) is 72.7 Å². The maximum Gasteiger partial charge on any atom is 0.141 e. The molecule has 3 rings (SSSR count). The third-order valence-electron chi connectivity index (χ3n) is 3.56. The molecular weight excluding hydrogens is 262 g/mol. The predicted octanol–water partition coefficient (Wildman–Crippen LogP) is 3.76. The van der Waals surface area contributed by atoms with E-state index >= 15 is 0 Å². The highest BCUT2D eigenvalue weighted by atomic mass is 16.3. The molecule has 104 valence electrons. The molecule has 0 aliphatic rings. The molecule has 0 saturated carbocycles. The average molecular weight is 277 g/mol. The zero-order chi connectivity index (χ0) is 14.8. The quantitative estimate of drug-likeness (QED) is 0.765. The van der Waals surface area contributed by atoms with Crippen LogP contribution in [0.1, 0.15) is 24.5 Å². The Morgan fingerprint density at radius 2 is 2.14 bits per heavy atom. The fraction of sp³-hybridized carbons (Fsp3) is 0.176. The van der Waals surface area contributed by atoms with Crippen molar-refractivity contribution in [1.29, 1.82) is 5.26 Å². The summed E-state index contributed by atoms with van der Waals surface area (Å²) in [5, 5.41) is 19.5. The number of rotatable bonds is 3. The van der Waals surface area contributed by atoms with E-state index in [1.54, 1.807) is 12.4 Å². The Labute approximate surface area is 122 Å². The highest BCUT2D eigenvalue weighted by Gasteiger charge is 2.12. The van der Waals surface area contributed by atoms with Crippen molar-refractivity contribution in [2.24, 2.45) is 0 Å². The average Bonchev–Trinajstić information content (AvgIpc) is 2.96. The zero-order valence-corrected chi connectivity index (χ0v) is 11.7. The summed E-state index contributed by atoms with van der Waals surface area (Å²) >= 11 is 0. The Balaban J connectivity index is 2.19. The summed E-state index contributed by atoms with van der Waals surface area (Å²) in [5.74, 6) is 0.0345. The number of H-pyrrole nitrogens is 1. The predicted molar refractivity (Wildman–Crippen MR) is 81.9 cm³/mol. The fourth-order valence-electron chi connectivity index (χ4n) is 2.53. The summed E-state index contributed by atoms with van der Waals surface area (Å²) in [7, 11) is 0. The number of aromatic hydroxyl groups is 1. The minimum atomic E-state index is 0.0345. The van der Waals surface area contributed by atoms with E-state index in [1.165, 1.54) is 0 Å². The van der Waals surface area contributed by atoms with Crippen LogP contribution in [0.5, 0.6) is 5.75 Å². The first kappa shape index (κ1) is 13.2. The van der Waals surface area contributed by atoms with Gasteiger partial charge >= 0.3 is 0 Å². The molecule has 0 aliphatic heterocycles. The van der Waals surface area contributed by atoms with Crippen LogP contribution >= 0.6 is 0 Å². The number of nitrogens with zero attached hydrogens (tertiary/aromatic N) is 2. The summed E-state index contributed by atoms with van der Waals surface area (Å²) in [6.45, 7) is 2.09. The monoisotopic (exact) mass is 277 g/mol. The van der Waals surface area contributed by atoms with Crippen molar-refractivity contribution < 1.29 is 5.11 Å². The molecule has 0 saturated heterocycles. The normalized spacial score (nSPS) is 10.7. The van der Waals surface area contributed by atoms with Gasteiger partial charge in [-0.2, -0.15) is 5.26 Å². The van der Waals surface area contributed by atoms with E-state index in [1.807, 2.05) is 24.3 Å². The zero-order valence-electron chi connectivity index (χ0n) is 11.7. The van der Waals surface area contributed by atoms with Crippen molar-refractivity contribution in [1.82, 2.24) is 9.97 Å². The van der Waals surface area contributed by atoms with Gasteiger partial charge in [-0.05, 0) is 41.8 Å². The van der Waals surface area contributed by atoms with Gasteiger partial charge < -0.3 is 10.1 Å². The maximum atomic E-state index is 10.3. The van der Waals surface area contributed by atoms with Gasteiger partial charge in [-0.25, -0.2) is 4.98 Å². The maximum absolute atomic E-state index is 10.3. The molecule has 4 nitrogen and oxygen atoms in total. The van der Waals surface area contributed by atoms with Crippen molar-refractivity contribution in [3.05, 3.63) is 47.8 Å². The lowest BCUT2D eigenvalue weighted by Crippen LogP contribution is -1.90. The number of aromatic amines is 1. The van der Waals surface area contributed by atoms with Gasteiger partial charge in [0.25, 0.3) is 0 Å². The van der Waals surface area contributed by atoms with Crippen molar-refractivity contribution in [2.75, 3.05) is 0 Å². The van der Waals surface area contributed by atoms with Crippen LogP contribution in [0.15, 0.2) is 36.7 Å². The van der Waals surface area contributed by atoms with Crippen LogP contribution in [0.4, 0.5) is 0 Å². The Hall–Kier alpha value is -2.80. The molecule has 2 aromatic carbocycles. The molecule has 0 unspecified atom stereocenters. The third kappa shape index (κ3) is 2.34. The lowest BCUT2D eigenvalue weighted by atomic mass is 9.96. The summed E-state index contributed by atoms with van der Waals surface area (Å²) in [6, 6.07) is 11.5. The molecule has 0 aliphatic carbocycles. The minimum absolute atomic E-state index is 0.0345. The summed E-state index contributed by atoms with van der Waals surface area (Å²) < 4.78 is 0. The van der Waals surface area contributed by atoms with Crippen LogP contribution in [0.25, 0.3) is 22.2 Å². The molecule has 3 aromatic rings. The van der Waals surface area contributed by atoms with Crippen molar-refractivity contribution in [2.45, 2.75) is 19.8 Å².